The fourth-order valence-electron chi connectivity index (χ4n) is 1.89. The minimum absolute atomic E-state index is 0.350. The number of ether oxygens (including phenoxy) is 1. The predicted octanol–water partition coefficient (Wildman–Crippen LogP) is 2.81. The number of hydrogen-bond donors (Lipinski definition) is 0. The van der Waals surface area contributed by atoms with E-state index < -0.39 is 0 Å². The van der Waals surface area contributed by atoms with Gasteiger partial charge >= 0.3 is 0 Å². The van der Waals surface area contributed by atoms with E-state index in [0.29, 0.717) is 18.3 Å². The molecule has 0 aromatic carbocycles. The first kappa shape index (κ1) is 11.1. The Morgan fingerprint density at radius 1 is 1.42 bits per heavy atom. The molecule has 0 saturated carbocycles. The SMILES string of the molecule is COCc1noc(-c2cc3c(nc4sccn43)s2)n1. The Morgan fingerprint density at radius 2 is 2.37 bits per heavy atom. The van der Waals surface area contributed by atoms with Gasteiger partial charge in [-0.2, -0.15) is 4.98 Å². The minimum Gasteiger partial charge on any atom is -0.377 e. The lowest BCUT2D eigenvalue weighted by Crippen LogP contribution is -1.88. The summed E-state index contributed by atoms with van der Waals surface area (Å²) in [4.78, 5) is 11.7. The van der Waals surface area contributed by atoms with Crippen LogP contribution in [0.1, 0.15) is 5.82 Å². The fourth-order valence-corrected chi connectivity index (χ4v) is 3.62. The molecule has 0 aliphatic heterocycles. The average Bonchev–Trinajstić information content (AvgIpc) is 3.07. The van der Waals surface area contributed by atoms with Crippen molar-refractivity contribution in [1.29, 1.82) is 0 Å². The Balaban J connectivity index is 1.82. The molecule has 0 bridgehead atoms. The molecule has 0 saturated heterocycles. The summed E-state index contributed by atoms with van der Waals surface area (Å²) in [6.07, 6.45) is 2.01. The molecule has 4 heterocycles. The van der Waals surface area contributed by atoms with Gasteiger partial charge in [0, 0.05) is 18.7 Å². The molecular formula is C11H8N4O2S2. The van der Waals surface area contributed by atoms with Crippen LogP contribution in [0.25, 0.3) is 26.1 Å². The van der Waals surface area contributed by atoms with Gasteiger partial charge in [0.15, 0.2) is 10.8 Å². The molecule has 0 aliphatic carbocycles. The van der Waals surface area contributed by atoms with E-state index >= 15 is 0 Å². The summed E-state index contributed by atoms with van der Waals surface area (Å²) in [5.74, 6) is 1.06. The van der Waals surface area contributed by atoms with Gasteiger partial charge in [-0.05, 0) is 6.07 Å². The Morgan fingerprint density at radius 3 is 3.26 bits per heavy atom. The smallest absolute Gasteiger partial charge is 0.268 e. The third-order valence-electron chi connectivity index (χ3n) is 2.69. The topological polar surface area (TPSA) is 65.5 Å². The summed E-state index contributed by atoms with van der Waals surface area (Å²) in [6.45, 7) is 0.350. The Hall–Kier alpha value is -1.77. The van der Waals surface area contributed by atoms with Crippen LogP contribution in [0.4, 0.5) is 0 Å². The van der Waals surface area contributed by atoms with Gasteiger partial charge in [-0.3, -0.25) is 4.40 Å². The van der Waals surface area contributed by atoms with Crippen LogP contribution in [0.2, 0.25) is 0 Å². The van der Waals surface area contributed by atoms with E-state index in [1.807, 2.05) is 17.6 Å². The number of fused-ring (bicyclic) bond motifs is 3. The molecule has 6 nitrogen and oxygen atoms in total. The number of rotatable bonds is 3. The van der Waals surface area contributed by atoms with Gasteiger partial charge in [0.05, 0.1) is 10.4 Å². The first-order valence-corrected chi connectivity index (χ1v) is 7.22. The van der Waals surface area contributed by atoms with Gasteiger partial charge in [-0.15, -0.1) is 22.7 Å². The van der Waals surface area contributed by atoms with Crippen LogP contribution < -0.4 is 0 Å². The van der Waals surface area contributed by atoms with E-state index in [4.69, 9.17) is 9.26 Å². The van der Waals surface area contributed by atoms with E-state index in [1.165, 1.54) is 0 Å². The van der Waals surface area contributed by atoms with E-state index in [-0.39, 0.29) is 0 Å². The lowest BCUT2D eigenvalue weighted by Gasteiger charge is -1.86. The van der Waals surface area contributed by atoms with Crippen LogP contribution >= 0.6 is 22.7 Å². The second-order valence-electron chi connectivity index (χ2n) is 3.92. The van der Waals surface area contributed by atoms with Crippen LogP contribution in [-0.2, 0) is 11.3 Å². The average molecular weight is 292 g/mol. The zero-order valence-corrected chi connectivity index (χ0v) is 11.5. The molecule has 4 aromatic heterocycles. The number of aromatic nitrogens is 4. The molecule has 4 rings (SSSR count). The van der Waals surface area contributed by atoms with Gasteiger partial charge < -0.3 is 9.26 Å². The quantitative estimate of drug-likeness (QED) is 0.581. The van der Waals surface area contributed by atoms with Crippen molar-refractivity contribution < 1.29 is 9.26 Å². The molecule has 19 heavy (non-hydrogen) atoms. The summed E-state index contributed by atoms with van der Waals surface area (Å²) in [6, 6.07) is 2.02. The molecule has 0 amide bonds. The Kier molecular flexibility index (Phi) is 2.40. The summed E-state index contributed by atoms with van der Waals surface area (Å²) in [7, 11) is 1.60. The molecule has 0 spiro atoms. The number of imidazole rings is 1. The van der Waals surface area contributed by atoms with Crippen molar-refractivity contribution in [2.24, 2.45) is 0 Å². The van der Waals surface area contributed by atoms with Gasteiger partial charge in [0.25, 0.3) is 5.89 Å². The number of nitrogens with zero attached hydrogens (tertiary/aromatic N) is 4. The predicted molar refractivity (Wildman–Crippen MR) is 72.5 cm³/mol. The third kappa shape index (κ3) is 1.68. The number of thiazole rings is 1. The van der Waals surface area contributed by atoms with Crippen molar-refractivity contribution >= 4 is 38.0 Å². The normalized spacial score (nSPS) is 11.8. The second kappa shape index (κ2) is 4.12. The van der Waals surface area contributed by atoms with Gasteiger partial charge in [-0.25, -0.2) is 4.98 Å². The van der Waals surface area contributed by atoms with Crippen LogP contribution in [0.15, 0.2) is 22.2 Å². The van der Waals surface area contributed by atoms with Gasteiger partial charge in [-0.1, -0.05) is 5.16 Å². The zero-order valence-electron chi connectivity index (χ0n) is 9.86. The molecule has 0 atom stereocenters. The molecule has 0 radical (unpaired) electrons. The molecule has 8 heteroatoms. The van der Waals surface area contributed by atoms with E-state index in [2.05, 4.69) is 19.5 Å². The highest BCUT2D eigenvalue weighted by Crippen LogP contribution is 2.33. The first-order valence-electron chi connectivity index (χ1n) is 5.52. The second-order valence-corrected chi connectivity index (χ2v) is 5.82. The highest BCUT2D eigenvalue weighted by atomic mass is 32.1. The number of methoxy groups -OCH3 is 1. The maximum atomic E-state index is 5.23. The molecule has 0 unspecified atom stereocenters. The monoisotopic (exact) mass is 292 g/mol. The van der Waals surface area contributed by atoms with Crippen molar-refractivity contribution in [3.63, 3.8) is 0 Å². The van der Waals surface area contributed by atoms with Crippen LogP contribution in [0.5, 0.6) is 0 Å². The molecule has 0 aliphatic rings. The zero-order chi connectivity index (χ0) is 12.8. The molecule has 0 fully saturated rings. The van der Waals surface area contributed by atoms with Crippen molar-refractivity contribution in [2.45, 2.75) is 6.61 Å². The van der Waals surface area contributed by atoms with Crippen molar-refractivity contribution in [2.75, 3.05) is 7.11 Å². The molecule has 96 valence electrons. The standard InChI is InChI=1S/C11H8N4O2S2/c1-16-5-8-12-9(17-14-8)7-4-6-10(19-7)13-11-15(6)2-3-18-11/h2-4H,5H2,1H3. The summed E-state index contributed by atoms with van der Waals surface area (Å²) in [5.41, 5.74) is 1.07. The lowest BCUT2D eigenvalue weighted by molar-refractivity contribution is 0.174. The van der Waals surface area contributed by atoms with Crippen LogP contribution in [0.3, 0.4) is 0 Å². The summed E-state index contributed by atoms with van der Waals surface area (Å²) < 4.78 is 12.3. The molecule has 0 N–H and O–H groups in total. The van der Waals surface area contributed by atoms with Crippen LogP contribution in [0, 0.1) is 0 Å². The highest BCUT2D eigenvalue weighted by molar-refractivity contribution is 7.22. The maximum Gasteiger partial charge on any atom is 0.268 e. The van der Waals surface area contributed by atoms with E-state index in [0.717, 1.165) is 20.2 Å². The van der Waals surface area contributed by atoms with E-state index in [1.54, 1.807) is 29.8 Å². The number of hydrogen-bond acceptors (Lipinski definition) is 7. The minimum atomic E-state index is 0.350. The van der Waals surface area contributed by atoms with Gasteiger partial charge in [0.1, 0.15) is 11.4 Å². The lowest BCUT2D eigenvalue weighted by atomic mass is 10.4. The van der Waals surface area contributed by atoms with Crippen LogP contribution in [-0.4, -0.2) is 26.6 Å². The van der Waals surface area contributed by atoms with Crippen molar-refractivity contribution in [3.8, 4) is 10.8 Å². The molecular weight excluding hydrogens is 284 g/mol. The number of thiophene rings is 1. The van der Waals surface area contributed by atoms with Crippen molar-refractivity contribution in [3.05, 3.63) is 23.5 Å². The Bertz CT molecular complexity index is 856. The van der Waals surface area contributed by atoms with Crippen molar-refractivity contribution in [1.82, 2.24) is 19.5 Å². The summed E-state index contributed by atoms with van der Waals surface area (Å²) in [5, 5.41) is 5.88. The highest BCUT2D eigenvalue weighted by Gasteiger charge is 2.15. The Labute approximate surface area is 115 Å². The third-order valence-corrected chi connectivity index (χ3v) is 4.45. The fraction of sp³-hybridized carbons (Fsp3) is 0.182. The largest absolute Gasteiger partial charge is 0.377 e. The summed E-state index contributed by atoms with van der Waals surface area (Å²) >= 11 is 3.17. The molecule has 4 aromatic rings. The maximum absolute atomic E-state index is 5.23. The van der Waals surface area contributed by atoms with Gasteiger partial charge in [0.2, 0.25) is 0 Å². The first-order chi connectivity index (χ1) is 9.35. The van der Waals surface area contributed by atoms with E-state index in [9.17, 15) is 0 Å².